The van der Waals surface area contributed by atoms with Crippen molar-refractivity contribution in [2.75, 3.05) is 0 Å². The van der Waals surface area contributed by atoms with Gasteiger partial charge in [-0.15, -0.1) is 0 Å². The molecule has 76 valence electrons. The van der Waals surface area contributed by atoms with E-state index in [4.69, 9.17) is 0 Å². The van der Waals surface area contributed by atoms with Gasteiger partial charge in [0.1, 0.15) is 0 Å². The van der Waals surface area contributed by atoms with E-state index in [1.54, 1.807) is 11.1 Å². The normalized spacial score (nSPS) is 26.5. The maximum atomic E-state index is 2.34. The summed E-state index contributed by atoms with van der Waals surface area (Å²) in [5.74, 6) is 0.966. The van der Waals surface area contributed by atoms with Gasteiger partial charge in [-0.05, 0) is 39.0 Å². The van der Waals surface area contributed by atoms with Gasteiger partial charge < -0.3 is 0 Å². The summed E-state index contributed by atoms with van der Waals surface area (Å²) in [5.41, 5.74) is 3.34. The molecule has 0 aromatic rings. The summed E-state index contributed by atoms with van der Waals surface area (Å²) < 4.78 is 0. The lowest BCUT2D eigenvalue weighted by atomic mass is 9.92. The van der Waals surface area contributed by atoms with Gasteiger partial charge in [0.2, 0.25) is 0 Å². The highest BCUT2D eigenvalue weighted by molar-refractivity contribution is 5.10. The summed E-state index contributed by atoms with van der Waals surface area (Å²) >= 11 is 0. The van der Waals surface area contributed by atoms with Crippen molar-refractivity contribution >= 4 is 0 Å². The number of hydrogen-bond acceptors (Lipinski definition) is 0. The van der Waals surface area contributed by atoms with Crippen LogP contribution in [0.3, 0.4) is 0 Å². The third-order valence-corrected chi connectivity index (χ3v) is 3.56. The van der Waals surface area contributed by atoms with Crippen LogP contribution in [0.15, 0.2) is 11.1 Å². The standard InChI is InChI=1S/C13H24/c1-4-13-9-7-5-6-8-11(2)12(3)10-13/h13H,4-10H2,1-3H3. The molecule has 0 spiro atoms. The Labute approximate surface area is 83.4 Å². The molecule has 1 rings (SSSR count). The van der Waals surface area contributed by atoms with Crippen molar-refractivity contribution in [3.63, 3.8) is 0 Å². The van der Waals surface area contributed by atoms with Crippen LogP contribution in [0.4, 0.5) is 0 Å². The Hall–Kier alpha value is -0.260. The van der Waals surface area contributed by atoms with Crippen LogP contribution in [-0.4, -0.2) is 0 Å². The van der Waals surface area contributed by atoms with E-state index < -0.39 is 0 Å². The summed E-state index contributed by atoms with van der Waals surface area (Å²) in [7, 11) is 0. The zero-order valence-corrected chi connectivity index (χ0v) is 9.53. The van der Waals surface area contributed by atoms with Crippen molar-refractivity contribution < 1.29 is 0 Å². The van der Waals surface area contributed by atoms with Gasteiger partial charge >= 0.3 is 0 Å². The molecule has 1 aliphatic carbocycles. The Kier molecular flexibility index (Phi) is 4.55. The first kappa shape index (κ1) is 10.8. The second-order valence-corrected chi connectivity index (χ2v) is 4.64. The van der Waals surface area contributed by atoms with Crippen LogP contribution < -0.4 is 0 Å². The molecule has 1 aliphatic rings. The summed E-state index contributed by atoms with van der Waals surface area (Å²) in [5, 5.41) is 0. The molecule has 0 amide bonds. The molecule has 0 heterocycles. The minimum Gasteiger partial charge on any atom is -0.0744 e. The Balaban J connectivity index is 2.59. The molecule has 13 heavy (non-hydrogen) atoms. The fraction of sp³-hybridized carbons (Fsp3) is 0.846. The zero-order valence-electron chi connectivity index (χ0n) is 9.53. The monoisotopic (exact) mass is 180 g/mol. The van der Waals surface area contributed by atoms with E-state index >= 15 is 0 Å². The highest BCUT2D eigenvalue weighted by Gasteiger charge is 2.10. The lowest BCUT2D eigenvalue weighted by Crippen LogP contribution is -1.99. The Morgan fingerprint density at radius 2 is 1.85 bits per heavy atom. The molecule has 0 fully saturated rings. The molecule has 0 aliphatic heterocycles. The second kappa shape index (κ2) is 5.47. The average Bonchev–Trinajstić information content (AvgIpc) is 2.20. The van der Waals surface area contributed by atoms with E-state index in [-0.39, 0.29) is 0 Å². The fourth-order valence-corrected chi connectivity index (χ4v) is 2.27. The first-order valence-corrected chi connectivity index (χ1v) is 5.89. The quantitative estimate of drug-likeness (QED) is 0.513. The SMILES string of the molecule is CCC1CCCCCC(C)=C(C)C1. The summed E-state index contributed by atoms with van der Waals surface area (Å²) in [6.07, 6.45) is 9.86. The van der Waals surface area contributed by atoms with E-state index in [9.17, 15) is 0 Å². The van der Waals surface area contributed by atoms with E-state index in [1.807, 2.05) is 0 Å². The summed E-state index contributed by atoms with van der Waals surface area (Å²) in [6.45, 7) is 7.00. The van der Waals surface area contributed by atoms with Crippen LogP contribution >= 0.6 is 0 Å². The average molecular weight is 180 g/mol. The van der Waals surface area contributed by atoms with Gasteiger partial charge in [-0.2, -0.15) is 0 Å². The predicted molar refractivity (Wildman–Crippen MR) is 59.9 cm³/mol. The van der Waals surface area contributed by atoms with Crippen molar-refractivity contribution in [3.05, 3.63) is 11.1 Å². The van der Waals surface area contributed by atoms with Gasteiger partial charge in [0.05, 0.1) is 0 Å². The molecule has 0 heteroatoms. The van der Waals surface area contributed by atoms with Crippen LogP contribution in [0.5, 0.6) is 0 Å². The molecular weight excluding hydrogens is 156 g/mol. The van der Waals surface area contributed by atoms with Gasteiger partial charge in [-0.25, -0.2) is 0 Å². The third-order valence-electron chi connectivity index (χ3n) is 3.56. The van der Waals surface area contributed by atoms with Crippen molar-refractivity contribution in [2.24, 2.45) is 5.92 Å². The van der Waals surface area contributed by atoms with Crippen LogP contribution in [-0.2, 0) is 0 Å². The van der Waals surface area contributed by atoms with Gasteiger partial charge in [0.25, 0.3) is 0 Å². The lowest BCUT2D eigenvalue weighted by molar-refractivity contribution is 0.444. The van der Waals surface area contributed by atoms with Crippen molar-refractivity contribution in [1.82, 2.24) is 0 Å². The zero-order chi connectivity index (χ0) is 9.68. The van der Waals surface area contributed by atoms with Crippen LogP contribution in [0.2, 0.25) is 0 Å². The molecule has 0 nitrogen and oxygen atoms in total. The molecule has 1 unspecified atom stereocenters. The van der Waals surface area contributed by atoms with E-state index in [2.05, 4.69) is 20.8 Å². The van der Waals surface area contributed by atoms with Crippen molar-refractivity contribution in [1.29, 1.82) is 0 Å². The van der Waals surface area contributed by atoms with Gasteiger partial charge in [0.15, 0.2) is 0 Å². The minimum absolute atomic E-state index is 0.966. The molecule has 0 saturated carbocycles. The molecule has 0 bridgehead atoms. The van der Waals surface area contributed by atoms with Crippen LogP contribution in [0.1, 0.15) is 65.7 Å². The minimum atomic E-state index is 0.966. The topological polar surface area (TPSA) is 0 Å². The Morgan fingerprint density at radius 3 is 2.54 bits per heavy atom. The number of rotatable bonds is 1. The van der Waals surface area contributed by atoms with Crippen LogP contribution in [0.25, 0.3) is 0 Å². The molecule has 0 saturated heterocycles. The first-order chi connectivity index (χ1) is 6.24. The largest absolute Gasteiger partial charge is 0.0744 e. The summed E-state index contributed by atoms with van der Waals surface area (Å²) in [6, 6.07) is 0. The molecule has 0 radical (unpaired) electrons. The van der Waals surface area contributed by atoms with Crippen molar-refractivity contribution in [3.8, 4) is 0 Å². The summed E-state index contributed by atoms with van der Waals surface area (Å²) in [4.78, 5) is 0. The van der Waals surface area contributed by atoms with E-state index in [1.165, 1.54) is 44.9 Å². The Bertz CT molecular complexity index is 176. The maximum absolute atomic E-state index is 2.34. The second-order valence-electron chi connectivity index (χ2n) is 4.64. The highest BCUT2D eigenvalue weighted by Crippen LogP contribution is 2.27. The lowest BCUT2D eigenvalue weighted by Gasteiger charge is -2.14. The maximum Gasteiger partial charge on any atom is -0.0292 e. The fourth-order valence-electron chi connectivity index (χ4n) is 2.27. The van der Waals surface area contributed by atoms with Crippen LogP contribution in [0, 0.1) is 5.92 Å². The smallest absolute Gasteiger partial charge is 0.0292 e. The van der Waals surface area contributed by atoms with Crippen molar-refractivity contribution in [2.45, 2.75) is 65.7 Å². The van der Waals surface area contributed by atoms with E-state index in [0.29, 0.717) is 0 Å². The molecule has 0 N–H and O–H groups in total. The van der Waals surface area contributed by atoms with E-state index in [0.717, 1.165) is 5.92 Å². The Morgan fingerprint density at radius 1 is 1.08 bits per heavy atom. The first-order valence-electron chi connectivity index (χ1n) is 5.89. The van der Waals surface area contributed by atoms with Gasteiger partial charge in [-0.3, -0.25) is 0 Å². The number of hydrogen-bond donors (Lipinski definition) is 0. The molecule has 0 aromatic heterocycles. The molecular formula is C13H24. The highest BCUT2D eigenvalue weighted by atomic mass is 14.2. The third kappa shape index (κ3) is 3.54. The molecule has 0 aromatic carbocycles. The van der Waals surface area contributed by atoms with Gasteiger partial charge in [-0.1, -0.05) is 43.8 Å². The van der Waals surface area contributed by atoms with Gasteiger partial charge in [0, 0.05) is 0 Å². The number of allylic oxidation sites excluding steroid dienone is 2. The molecule has 1 atom stereocenters. The predicted octanol–water partition coefficient (Wildman–Crippen LogP) is 4.70.